The van der Waals surface area contributed by atoms with Crippen LogP contribution in [0.25, 0.3) is 5.70 Å². The largest absolute Gasteiger partial charge is 0.302 e. The zero-order valence-electron chi connectivity index (χ0n) is 13.1. The Morgan fingerprint density at radius 2 is 2.14 bits per heavy atom. The molecule has 2 aliphatic rings. The van der Waals surface area contributed by atoms with E-state index >= 15 is 0 Å². The van der Waals surface area contributed by atoms with Gasteiger partial charge in [0.25, 0.3) is 0 Å². The fourth-order valence-electron chi connectivity index (χ4n) is 2.89. The van der Waals surface area contributed by atoms with Gasteiger partial charge < -0.3 is 4.90 Å². The molecule has 0 N–H and O–H groups in total. The summed E-state index contributed by atoms with van der Waals surface area (Å²) >= 11 is 0. The summed E-state index contributed by atoms with van der Waals surface area (Å²) < 4.78 is 0. The van der Waals surface area contributed by atoms with Crippen LogP contribution in [0.3, 0.4) is 0 Å². The lowest BCUT2D eigenvalue weighted by Gasteiger charge is -2.25. The van der Waals surface area contributed by atoms with E-state index in [9.17, 15) is 0 Å². The van der Waals surface area contributed by atoms with Gasteiger partial charge in [-0.1, -0.05) is 49.1 Å². The van der Waals surface area contributed by atoms with Crippen molar-refractivity contribution < 1.29 is 0 Å². The third-order valence-electron chi connectivity index (χ3n) is 4.16. The minimum Gasteiger partial charge on any atom is -0.302 e. The van der Waals surface area contributed by atoms with Gasteiger partial charge >= 0.3 is 0 Å². The minimum absolute atomic E-state index is 0.931. The van der Waals surface area contributed by atoms with E-state index in [0.29, 0.717) is 0 Å². The van der Waals surface area contributed by atoms with Gasteiger partial charge in [0.15, 0.2) is 0 Å². The molecule has 112 valence electrons. The van der Waals surface area contributed by atoms with Crippen molar-refractivity contribution in [2.45, 2.75) is 19.4 Å². The van der Waals surface area contributed by atoms with Crippen LogP contribution < -0.4 is 0 Å². The van der Waals surface area contributed by atoms with E-state index in [0.717, 1.165) is 31.6 Å². The number of hydrogen-bond acceptors (Lipinski definition) is 2. The van der Waals surface area contributed by atoms with Crippen LogP contribution >= 0.6 is 0 Å². The van der Waals surface area contributed by atoms with Gasteiger partial charge in [0, 0.05) is 24.9 Å². The Morgan fingerprint density at radius 3 is 2.91 bits per heavy atom. The number of hydrogen-bond donors (Lipinski definition) is 0. The topological polar surface area (TPSA) is 15.6 Å². The molecule has 1 aromatic rings. The average molecular weight is 290 g/mol. The molecule has 0 saturated carbocycles. The van der Waals surface area contributed by atoms with E-state index in [1.807, 2.05) is 18.4 Å². The van der Waals surface area contributed by atoms with Crippen LogP contribution in [0.15, 0.2) is 65.7 Å². The summed E-state index contributed by atoms with van der Waals surface area (Å²) in [6.07, 6.45) is 14.0. The zero-order chi connectivity index (χ0) is 15.4. The van der Waals surface area contributed by atoms with Gasteiger partial charge in [-0.25, -0.2) is 0 Å². The fraction of sp³-hybridized carbons (Fsp3) is 0.250. The van der Waals surface area contributed by atoms with Crippen molar-refractivity contribution in [1.29, 1.82) is 0 Å². The monoisotopic (exact) mass is 290 g/mol. The Bertz CT molecular complexity index is 690. The molecule has 2 nitrogen and oxygen atoms in total. The second kappa shape index (κ2) is 6.71. The van der Waals surface area contributed by atoms with Crippen LogP contribution in [0.1, 0.15) is 23.1 Å². The summed E-state index contributed by atoms with van der Waals surface area (Å²) in [5, 5.41) is 0. The lowest BCUT2D eigenvalue weighted by molar-refractivity contribution is 0.313. The van der Waals surface area contributed by atoms with Gasteiger partial charge in [-0.3, -0.25) is 4.99 Å². The van der Waals surface area contributed by atoms with Gasteiger partial charge in [-0.15, -0.1) is 0 Å². The van der Waals surface area contributed by atoms with E-state index in [-0.39, 0.29) is 0 Å². The molecule has 0 fully saturated rings. The van der Waals surface area contributed by atoms with Gasteiger partial charge in [0.05, 0.1) is 5.70 Å². The Kier molecular flexibility index (Phi) is 4.50. The molecule has 0 bridgehead atoms. The van der Waals surface area contributed by atoms with E-state index < -0.39 is 0 Å². The third kappa shape index (κ3) is 3.34. The van der Waals surface area contributed by atoms with Crippen LogP contribution in [0, 0.1) is 0 Å². The molecule has 0 spiro atoms. The van der Waals surface area contributed by atoms with Crippen LogP contribution in [0.4, 0.5) is 0 Å². The highest BCUT2D eigenvalue weighted by molar-refractivity contribution is 5.88. The van der Waals surface area contributed by atoms with Gasteiger partial charge in [0.1, 0.15) is 0 Å². The summed E-state index contributed by atoms with van der Waals surface area (Å²) in [5.74, 6) is 0. The predicted molar refractivity (Wildman–Crippen MR) is 95.0 cm³/mol. The van der Waals surface area contributed by atoms with E-state index in [4.69, 9.17) is 0 Å². The zero-order valence-corrected chi connectivity index (χ0v) is 13.1. The lowest BCUT2D eigenvalue weighted by atomic mass is 9.95. The Labute approximate surface area is 132 Å². The summed E-state index contributed by atoms with van der Waals surface area (Å²) in [5.41, 5.74) is 6.48. The Hall–Kier alpha value is -2.19. The van der Waals surface area contributed by atoms with Crippen molar-refractivity contribution >= 4 is 11.9 Å². The first-order valence-corrected chi connectivity index (χ1v) is 7.79. The molecule has 0 aromatic heterocycles. The highest BCUT2D eigenvalue weighted by atomic mass is 15.1. The molecule has 0 aliphatic carbocycles. The molecule has 2 aliphatic heterocycles. The normalized spacial score (nSPS) is 20.2. The van der Waals surface area contributed by atoms with Gasteiger partial charge in [-0.2, -0.15) is 0 Å². The summed E-state index contributed by atoms with van der Waals surface area (Å²) in [6, 6.07) is 6.78. The third-order valence-corrected chi connectivity index (χ3v) is 4.16. The number of rotatable bonds is 3. The van der Waals surface area contributed by atoms with Crippen LogP contribution in [-0.2, 0) is 13.0 Å². The maximum absolute atomic E-state index is 4.62. The molecule has 2 heterocycles. The van der Waals surface area contributed by atoms with Gasteiger partial charge in [0.2, 0.25) is 0 Å². The molecular formula is C20H22N2. The predicted octanol–water partition coefficient (Wildman–Crippen LogP) is 4.16. The van der Waals surface area contributed by atoms with Crippen molar-refractivity contribution in [3.8, 4) is 0 Å². The summed E-state index contributed by atoms with van der Waals surface area (Å²) in [7, 11) is 2.18. The minimum atomic E-state index is 0.931. The summed E-state index contributed by atoms with van der Waals surface area (Å²) in [4.78, 5) is 6.99. The first-order chi connectivity index (χ1) is 10.8. The van der Waals surface area contributed by atoms with Crippen LogP contribution in [0.5, 0.6) is 0 Å². The number of allylic oxidation sites excluding steroid dienone is 6. The molecule has 0 radical (unpaired) electrons. The lowest BCUT2D eigenvalue weighted by Crippen LogP contribution is -2.26. The average Bonchev–Trinajstić information content (AvgIpc) is 2.55. The molecule has 1 aromatic carbocycles. The molecule has 2 heteroatoms. The first-order valence-electron chi connectivity index (χ1n) is 7.79. The van der Waals surface area contributed by atoms with E-state index in [2.05, 4.69) is 53.9 Å². The molecule has 0 saturated heterocycles. The fourth-order valence-corrected chi connectivity index (χ4v) is 2.89. The van der Waals surface area contributed by atoms with Crippen molar-refractivity contribution in [1.82, 2.24) is 4.90 Å². The Balaban J connectivity index is 1.76. The molecule has 22 heavy (non-hydrogen) atoms. The second-order valence-electron chi connectivity index (χ2n) is 5.89. The van der Waals surface area contributed by atoms with Crippen molar-refractivity contribution in [3.63, 3.8) is 0 Å². The number of benzene rings is 1. The van der Waals surface area contributed by atoms with Crippen molar-refractivity contribution in [2.24, 2.45) is 4.99 Å². The molecule has 3 rings (SSSR count). The number of fused-ring (bicyclic) bond motifs is 1. The van der Waals surface area contributed by atoms with Crippen molar-refractivity contribution in [2.75, 3.05) is 13.6 Å². The molecular weight excluding hydrogens is 268 g/mol. The number of aliphatic imine (C=N–C) groups is 1. The van der Waals surface area contributed by atoms with Crippen LogP contribution in [-0.4, -0.2) is 24.7 Å². The molecule has 0 unspecified atom stereocenters. The molecule has 0 atom stereocenters. The SMILES string of the molecule is C=C/C=C\C=C1\C=NC(c2ccc3c(c2)CCN(C)C3)=CC1. The first kappa shape index (κ1) is 14.7. The highest BCUT2D eigenvalue weighted by Gasteiger charge is 2.14. The number of nitrogens with zero attached hydrogens (tertiary/aromatic N) is 2. The highest BCUT2D eigenvalue weighted by Crippen LogP contribution is 2.26. The maximum atomic E-state index is 4.62. The van der Waals surface area contributed by atoms with Crippen molar-refractivity contribution in [3.05, 3.63) is 77.4 Å². The van der Waals surface area contributed by atoms with Gasteiger partial charge in [-0.05, 0) is 42.7 Å². The quantitative estimate of drug-likeness (QED) is 0.763. The van der Waals surface area contributed by atoms with E-state index in [1.54, 1.807) is 6.08 Å². The summed E-state index contributed by atoms with van der Waals surface area (Å²) in [6.45, 7) is 5.87. The second-order valence-corrected chi connectivity index (χ2v) is 5.89. The maximum Gasteiger partial charge on any atom is 0.0665 e. The standard InChI is InChI=1S/C20H22N2/c1-3-4-5-6-16-7-10-20(21-14-16)18-8-9-19-15-22(2)12-11-17(19)13-18/h3-6,8-10,13-14H,1,7,11-12,15H2,2H3/b5-4-,16-6+. The Morgan fingerprint density at radius 1 is 1.23 bits per heavy atom. The number of likely N-dealkylation sites (N-methyl/N-ethyl adjacent to an activating group) is 1. The van der Waals surface area contributed by atoms with E-state index in [1.165, 1.54) is 22.3 Å². The smallest absolute Gasteiger partial charge is 0.0665 e. The van der Waals surface area contributed by atoms with Crippen LogP contribution in [0.2, 0.25) is 0 Å². The molecule has 0 amide bonds.